The van der Waals surface area contributed by atoms with Crippen LogP contribution < -0.4 is 4.74 Å². The van der Waals surface area contributed by atoms with E-state index in [1.54, 1.807) is 48.5 Å². The first-order valence-corrected chi connectivity index (χ1v) is 11.0. The second-order valence-electron chi connectivity index (χ2n) is 6.69. The number of halogens is 1. The molecule has 0 spiro atoms. The largest absolute Gasteiger partial charge is 0.422 e. The number of hydrogen-bond donors (Lipinski definition) is 0. The number of benzene rings is 3. The van der Waals surface area contributed by atoms with Gasteiger partial charge in [-0.15, -0.1) is 0 Å². The van der Waals surface area contributed by atoms with Crippen LogP contribution in [0.3, 0.4) is 0 Å². The molecule has 3 aromatic rings. The van der Waals surface area contributed by atoms with E-state index in [4.69, 9.17) is 4.74 Å². The van der Waals surface area contributed by atoms with Crippen molar-refractivity contribution in [2.75, 3.05) is 0 Å². The monoisotopic (exact) mass is 493 g/mol. The highest BCUT2D eigenvalue weighted by Crippen LogP contribution is 2.35. The summed E-state index contributed by atoms with van der Waals surface area (Å²) in [6.45, 7) is 0.206. The van der Waals surface area contributed by atoms with Gasteiger partial charge in [0.25, 0.3) is 11.1 Å². The fourth-order valence-corrected chi connectivity index (χ4v) is 4.21. The second kappa shape index (κ2) is 9.32. The topological polar surface area (TPSA) is 63.7 Å². The Balaban J connectivity index is 1.59. The molecule has 1 fully saturated rings. The van der Waals surface area contributed by atoms with E-state index < -0.39 is 5.97 Å². The number of carbonyl (C=O) groups is 3. The molecule has 1 heterocycles. The van der Waals surface area contributed by atoms with Crippen LogP contribution in [0.4, 0.5) is 4.79 Å². The molecule has 7 heteroatoms. The standard InChI is InChI=1S/C24H16BrNO4S/c25-19-11-12-20(30-23(28)17-9-5-2-6-10-17)18(13-19)14-21-22(27)26(24(29)31-21)15-16-7-3-1-4-8-16/h1-14H,15H2/b21-14-. The van der Waals surface area contributed by atoms with Crippen LogP contribution in [0.2, 0.25) is 0 Å². The van der Waals surface area contributed by atoms with Crippen molar-refractivity contribution >= 4 is 50.9 Å². The lowest BCUT2D eigenvalue weighted by Gasteiger charge is -2.12. The van der Waals surface area contributed by atoms with Crippen molar-refractivity contribution in [2.45, 2.75) is 6.54 Å². The van der Waals surface area contributed by atoms with Gasteiger partial charge in [0, 0.05) is 10.0 Å². The SMILES string of the molecule is O=C(Oc1ccc(Br)cc1/C=C1\SC(=O)N(Cc2ccccc2)C1=O)c1ccccc1. The van der Waals surface area contributed by atoms with Crippen molar-refractivity contribution in [3.8, 4) is 5.75 Å². The molecule has 154 valence electrons. The number of nitrogens with zero attached hydrogens (tertiary/aromatic N) is 1. The minimum atomic E-state index is -0.505. The first-order valence-electron chi connectivity index (χ1n) is 9.37. The highest BCUT2D eigenvalue weighted by Gasteiger charge is 2.35. The molecule has 0 aromatic heterocycles. The summed E-state index contributed by atoms with van der Waals surface area (Å²) >= 11 is 4.27. The number of thioether (sulfide) groups is 1. The van der Waals surface area contributed by atoms with Gasteiger partial charge in [0.15, 0.2) is 0 Å². The highest BCUT2D eigenvalue weighted by atomic mass is 79.9. The minimum absolute atomic E-state index is 0.206. The lowest BCUT2D eigenvalue weighted by atomic mass is 10.1. The Kier molecular flexibility index (Phi) is 6.34. The van der Waals surface area contributed by atoms with Crippen molar-refractivity contribution in [3.05, 3.63) is 105 Å². The molecule has 0 saturated carbocycles. The fraction of sp³-hybridized carbons (Fsp3) is 0.0417. The Morgan fingerprint density at radius 1 is 0.968 bits per heavy atom. The summed E-state index contributed by atoms with van der Waals surface area (Å²) in [4.78, 5) is 39.3. The van der Waals surface area contributed by atoms with Gasteiger partial charge >= 0.3 is 5.97 Å². The van der Waals surface area contributed by atoms with Gasteiger partial charge in [-0.1, -0.05) is 64.5 Å². The number of hydrogen-bond acceptors (Lipinski definition) is 5. The van der Waals surface area contributed by atoms with Gasteiger partial charge in [-0.25, -0.2) is 4.79 Å². The quantitative estimate of drug-likeness (QED) is 0.251. The predicted molar refractivity (Wildman–Crippen MR) is 123 cm³/mol. The van der Waals surface area contributed by atoms with Gasteiger partial charge in [-0.3, -0.25) is 14.5 Å². The molecule has 0 unspecified atom stereocenters. The van der Waals surface area contributed by atoms with Crippen molar-refractivity contribution in [3.63, 3.8) is 0 Å². The average molecular weight is 494 g/mol. The van der Waals surface area contributed by atoms with E-state index in [0.29, 0.717) is 16.9 Å². The maximum Gasteiger partial charge on any atom is 0.343 e. The predicted octanol–water partition coefficient (Wildman–Crippen LogP) is 5.90. The van der Waals surface area contributed by atoms with Gasteiger partial charge in [0.05, 0.1) is 17.0 Å². The number of amides is 2. The molecule has 0 radical (unpaired) electrons. The third-order valence-electron chi connectivity index (χ3n) is 4.53. The van der Waals surface area contributed by atoms with Crippen LogP contribution in [0.5, 0.6) is 5.75 Å². The average Bonchev–Trinajstić information content (AvgIpc) is 3.04. The van der Waals surface area contributed by atoms with Gasteiger partial charge in [-0.05, 0) is 53.7 Å². The molecule has 1 aliphatic rings. The molecular weight excluding hydrogens is 478 g/mol. The maximum atomic E-state index is 12.9. The maximum absolute atomic E-state index is 12.9. The molecule has 0 aliphatic carbocycles. The molecule has 3 aromatic carbocycles. The number of rotatable bonds is 5. The fourth-order valence-electron chi connectivity index (χ4n) is 3.00. The molecule has 0 bridgehead atoms. The van der Waals surface area contributed by atoms with Crippen LogP contribution >= 0.6 is 27.7 Å². The molecule has 5 nitrogen and oxygen atoms in total. The van der Waals surface area contributed by atoms with E-state index in [1.165, 1.54) is 4.90 Å². The van der Waals surface area contributed by atoms with E-state index in [0.717, 1.165) is 21.8 Å². The zero-order valence-corrected chi connectivity index (χ0v) is 18.6. The zero-order chi connectivity index (χ0) is 21.8. The van der Waals surface area contributed by atoms with Gasteiger partial charge in [-0.2, -0.15) is 0 Å². The van der Waals surface area contributed by atoms with E-state index in [2.05, 4.69) is 15.9 Å². The van der Waals surface area contributed by atoms with Crippen LogP contribution in [-0.4, -0.2) is 22.0 Å². The Labute approximate surface area is 191 Å². The molecule has 0 atom stereocenters. The highest BCUT2D eigenvalue weighted by molar-refractivity contribution is 9.10. The van der Waals surface area contributed by atoms with E-state index >= 15 is 0 Å². The van der Waals surface area contributed by atoms with Crippen molar-refractivity contribution in [2.24, 2.45) is 0 Å². The molecule has 2 amide bonds. The third-order valence-corrected chi connectivity index (χ3v) is 5.93. The molecule has 4 rings (SSSR count). The molecule has 1 aliphatic heterocycles. The summed E-state index contributed by atoms with van der Waals surface area (Å²) in [6, 6.07) is 23.1. The van der Waals surface area contributed by atoms with E-state index in [-0.39, 0.29) is 22.6 Å². The first kappa shape index (κ1) is 21.1. The Hall–Kier alpha value is -3.16. The van der Waals surface area contributed by atoms with E-state index in [1.807, 2.05) is 36.4 Å². The smallest absolute Gasteiger partial charge is 0.343 e. The zero-order valence-electron chi connectivity index (χ0n) is 16.2. The van der Waals surface area contributed by atoms with Crippen LogP contribution in [0, 0.1) is 0 Å². The summed E-state index contributed by atoms with van der Waals surface area (Å²) in [5.74, 6) is -0.583. The van der Waals surface area contributed by atoms with Crippen molar-refractivity contribution in [1.29, 1.82) is 0 Å². The molecular formula is C24H16BrNO4S. The minimum Gasteiger partial charge on any atom is -0.422 e. The summed E-state index contributed by atoms with van der Waals surface area (Å²) < 4.78 is 6.31. The number of carbonyl (C=O) groups excluding carboxylic acids is 3. The van der Waals surface area contributed by atoms with Crippen LogP contribution in [0.15, 0.2) is 88.2 Å². The summed E-state index contributed by atoms with van der Waals surface area (Å²) in [6.07, 6.45) is 1.58. The Morgan fingerprint density at radius 3 is 2.35 bits per heavy atom. The lowest BCUT2D eigenvalue weighted by Crippen LogP contribution is -2.27. The molecule has 0 N–H and O–H groups in total. The van der Waals surface area contributed by atoms with E-state index in [9.17, 15) is 14.4 Å². The Bertz CT molecular complexity index is 1180. The Morgan fingerprint density at radius 2 is 1.65 bits per heavy atom. The van der Waals surface area contributed by atoms with Crippen LogP contribution in [-0.2, 0) is 11.3 Å². The number of ether oxygens (including phenoxy) is 1. The van der Waals surface area contributed by atoms with Crippen molar-refractivity contribution in [1.82, 2.24) is 4.90 Å². The van der Waals surface area contributed by atoms with Crippen molar-refractivity contribution < 1.29 is 19.1 Å². The summed E-state index contributed by atoms with van der Waals surface area (Å²) in [5, 5.41) is -0.335. The number of imide groups is 1. The van der Waals surface area contributed by atoms with Crippen LogP contribution in [0.1, 0.15) is 21.5 Å². The van der Waals surface area contributed by atoms with Gasteiger partial charge < -0.3 is 4.74 Å². The van der Waals surface area contributed by atoms with Crippen LogP contribution in [0.25, 0.3) is 6.08 Å². The summed E-state index contributed by atoms with van der Waals surface area (Å²) in [7, 11) is 0. The van der Waals surface area contributed by atoms with Gasteiger partial charge in [0.2, 0.25) is 0 Å². The number of esters is 1. The molecule has 31 heavy (non-hydrogen) atoms. The first-order chi connectivity index (χ1) is 15.0. The molecule has 1 saturated heterocycles. The lowest BCUT2D eigenvalue weighted by molar-refractivity contribution is -0.123. The third kappa shape index (κ3) is 4.95. The van der Waals surface area contributed by atoms with Gasteiger partial charge in [0.1, 0.15) is 5.75 Å². The summed E-state index contributed by atoms with van der Waals surface area (Å²) in [5.41, 5.74) is 1.80. The second-order valence-corrected chi connectivity index (χ2v) is 8.60. The normalized spacial score (nSPS) is 14.9.